The van der Waals surface area contributed by atoms with Gasteiger partial charge in [0, 0.05) is 31.7 Å². The Balaban J connectivity index is 2.33. The number of aromatic hydroxyl groups is 1. The zero-order valence-electron chi connectivity index (χ0n) is 11.1. The first-order valence-corrected chi connectivity index (χ1v) is 6.68. The molecule has 0 aromatic heterocycles. The van der Waals surface area contributed by atoms with E-state index in [9.17, 15) is 13.9 Å². The van der Waals surface area contributed by atoms with E-state index in [0.717, 1.165) is 5.56 Å². The van der Waals surface area contributed by atoms with E-state index in [1.165, 1.54) is 0 Å². The molecule has 0 aliphatic carbocycles. The predicted molar refractivity (Wildman–Crippen MR) is 70.7 cm³/mol. The maximum absolute atomic E-state index is 13.4. The Morgan fingerprint density at radius 2 is 2.00 bits per heavy atom. The van der Waals surface area contributed by atoms with Crippen LogP contribution in [0, 0.1) is 0 Å². The summed E-state index contributed by atoms with van der Waals surface area (Å²) >= 11 is 0. The molecule has 106 valence electrons. The highest BCUT2D eigenvalue weighted by atomic mass is 19.3. The molecule has 1 aromatic rings. The van der Waals surface area contributed by atoms with Crippen LogP contribution >= 0.6 is 0 Å². The third kappa shape index (κ3) is 3.04. The molecule has 1 atom stereocenters. The summed E-state index contributed by atoms with van der Waals surface area (Å²) in [5.41, 5.74) is 1.06. The van der Waals surface area contributed by atoms with Gasteiger partial charge < -0.3 is 10.4 Å². The Labute approximate surface area is 112 Å². The van der Waals surface area contributed by atoms with Crippen LogP contribution in [0.2, 0.25) is 0 Å². The Hall–Kier alpha value is -1.20. The largest absolute Gasteiger partial charge is 0.507 e. The minimum absolute atomic E-state index is 0.0221. The summed E-state index contributed by atoms with van der Waals surface area (Å²) in [5.74, 6) is 0.0221. The summed E-state index contributed by atoms with van der Waals surface area (Å²) in [5, 5.41) is 13.3. The van der Waals surface area contributed by atoms with Crippen molar-refractivity contribution < 1.29 is 13.9 Å². The fraction of sp³-hybridized carbons (Fsp3) is 0.571. The van der Waals surface area contributed by atoms with Crippen LogP contribution in [0.5, 0.6) is 5.75 Å². The molecule has 0 unspecified atom stereocenters. The standard InChI is InChI=1S/C14H20F2N2O/c1-2-10-4-3-5-11(13(10)19)12(14(15)16)18-8-6-17-7-9-18/h3-5,12,14,17,19H,2,6-9H2,1H3/t12-/m1/s1. The van der Waals surface area contributed by atoms with Crippen molar-refractivity contribution in [1.82, 2.24) is 10.2 Å². The molecule has 0 spiro atoms. The molecule has 2 N–H and O–H groups in total. The third-order valence-electron chi connectivity index (χ3n) is 3.63. The Bertz CT molecular complexity index is 420. The van der Waals surface area contributed by atoms with E-state index >= 15 is 0 Å². The molecule has 1 aliphatic heterocycles. The maximum atomic E-state index is 13.4. The fourth-order valence-corrected chi connectivity index (χ4v) is 2.59. The lowest BCUT2D eigenvalue weighted by molar-refractivity contribution is 0.0170. The molecular formula is C14H20F2N2O. The predicted octanol–water partition coefficient (Wildman–Crippen LogP) is 2.17. The number of piperazine rings is 1. The molecule has 1 saturated heterocycles. The van der Waals surface area contributed by atoms with Gasteiger partial charge in [-0.2, -0.15) is 0 Å². The number of alkyl halides is 2. The Kier molecular flexibility index (Phi) is 4.71. The van der Waals surface area contributed by atoms with Gasteiger partial charge in [0.25, 0.3) is 6.43 Å². The molecule has 19 heavy (non-hydrogen) atoms. The van der Waals surface area contributed by atoms with Gasteiger partial charge in [0.05, 0.1) is 6.04 Å². The van der Waals surface area contributed by atoms with Crippen molar-refractivity contribution >= 4 is 0 Å². The van der Waals surface area contributed by atoms with Gasteiger partial charge in [-0.3, -0.25) is 4.90 Å². The first-order valence-electron chi connectivity index (χ1n) is 6.68. The highest BCUT2D eigenvalue weighted by molar-refractivity contribution is 5.42. The van der Waals surface area contributed by atoms with Crippen molar-refractivity contribution in [2.75, 3.05) is 26.2 Å². The minimum Gasteiger partial charge on any atom is -0.507 e. The second-order valence-electron chi connectivity index (χ2n) is 4.77. The van der Waals surface area contributed by atoms with Gasteiger partial charge in [0.2, 0.25) is 0 Å². The van der Waals surface area contributed by atoms with Crippen LogP contribution in [0.4, 0.5) is 8.78 Å². The molecule has 1 heterocycles. The first-order chi connectivity index (χ1) is 9.15. The van der Waals surface area contributed by atoms with Crippen LogP contribution in [0.15, 0.2) is 18.2 Å². The Morgan fingerprint density at radius 3 is 2.58 bits per heavy atom. The van der Waals surface area contributed by atoms with Crippen LogP contribution in [0.1, 0.15) is 24.1 Å². The van der Waals surface area contributed by atoms with E-state index in [2.05, 4.69) is 5.32 Å². The zero-order valence-corrected chi connectivity index (χ0v) is 11.1. The molecular weight excluding hydrogens is 250 g/mol. The molecule has 0 amide bonds. The molecule has 1 fully saturated rings. The smallest absolute Gasteiger partial charge is 0.258 e. The molecule has 1 aromatic carbocycles. The number of nitrogens with one attached hydrogen (secondary N) is 1. The molecule has 0 saturated carbocycles. The fourth-order valence-electron chi connectivity index (χ4n) is 2.59. The summed E-state index contributed by atoms with van der Waals surface area (Å²) in [6.45, 7) is 4.46. The number of phenols is 1. The maximum Gasteiger partial charge on any atom is 0.258 e. The van der Waals surface area contributed by atoms with E-state index in [1.54, 1.807) is 23.1 Å². The third-order valence-corrected chi connectivity index (χ3v) is 3.63. The zero-order chi connectivity index (χ0) is 13.8. The van der Waals surface area contributed by atoms with Crippen LogP contribution in [-0.4, -0.2) is 42.6 Å². The van der Waals surface area contributed by atoms with Gasteiger partial charge in [-0.1, -0.05) is 25.1 Å². The molecule has 0 radical (unpaired) electrons. The quantitative estimate of drug-likeness (QED) is 0.880. The second kappa shape index (κ2) is 6.30. The average Bonchev–Trinajstić information content (AvgIpc) is 2.42. The SMILES string of the molecule is CCc1cccc([C@H](C(F)F)N2CCNCC2)c1O. The van der Waals surface area contributed by atoms with Crippen molar-refractivity contribution in [2.24, 2.45) is 0 Å². The van der Waals surface area contributed by atoms with Crippen molar-refractivity contribution in [1.29, 1.82) is 0 Å². The number of phenolic OH excluding ortho intramolecular Hbond substituents is 1. The van der Waals surface area contributed by atoms with Crippen molar-refractivity contribution in [3.8, 4) is 5.75 Å². The van der Waals surface area contributed by atoms with E-state index in [-0.39, 0.29) is 5.75 Å². The summed E-state index contributed by atoms with van der Waals surface area (Å²) in [6.07, 6.45) is -1.87. The van der Waals surface area contributed by atoms with E-state index in [1.807, 2.05) is 6.92 Å². The van der Waals surface area contributed by atoms with Crippen molar-refractivity contribution in [2.45, 2.75) is 25.8 Å². The number of hydrogen-bond donors (Lipinski definition) is 2. The molecule has 5 heteroatoms. The van der Waals surface area contributed by atoms with Crippen LogP contribution in [-0.2, 0) is 6.42 Å². The summed E-state index contributed by atoms with van der Waals surface area (Å²) < 4.78 is 26.8. The lowest BCUT2D eigenvalue weighted by Gasteiger charge is -2.35. The van der Waals surface area contributed by atoms with Gasteiger partial charge in [-0.25, -0.2) is 8.78 Å². The van der Waals surface area contributed by atoms with E-state index < -0.39 is 12.5 Å². The van der Waals surface area contributed by atoms with Crippen LogP contribution in [0.3, 0.4) is 0 Å². The summed E-state index contributed by atoms with van der Waals surface area (Å²) in [7, 11) is 0. The van der Waals surface area contributed by atoms with Gasteiger partial charge in [-0.05, 0) is 12.0 Å². The topological polar surface area (TPSA) is 35.5 Å². The van der Waals surface area contributed by atoms with Crippen LogP contribution < -0.4 is 5.32 Å². The monoisotopic (exact) mass is 270 g/mol. The number of para-hydroxylation sites is 1. The molecule has 2 rings (SSSR count). The highest BCUT2D eigenvalue weighted by Gasteiger charge is 2.32. The van der Waals surface area contributed by atoms with Crippen molar-refractivity contribution in [3.63, 3.8) is 0 Å². The average molecular weight is 270 g/mol. The number of nitrogens with zero attached hydrogens (tertiary/aromatic N) is 1. The number of aryl methyl sites for hydroxylation is 1. The lowest BCUT2D eigenvalue weighted by atomic mass is 9.99. The minimum atomic E-state index is -2.50. The highest BCUT2D eigenvalue weighted by Crippen LogP contribution is 2.35. The number of rotatable bonds is 4. The first kappa shape index (κ1) is 14.2. The van der Waals surface area contributed by atoms with Crippen molar-refractivity contribution in [3.05, 3.63) is 29.3 Å². The Morgan fingerprint density at radius 1 is 1.32 bits per heavy atom. The van der Waals surface area contributed by atoms with Crippen LogP contribution in [0.25, 0.3) is 0 Å². The number of benzene rings is 1. The van der Waals surface area contributed by atoms with Gasteiger partial charge in [0.1, 0.15) is 5.75 Å². The number of halogens is 2. The van der Waals surface area contributed by atoms with Gasteiger partial charge in [-0.15, -0.1) is 0 Å². The number of hydrogen-bond acceptors (Lipinski definition) is 3. The lowest BCUT2D eigenvalue weighted by Crippen LogP contribution is -2.46. The van der Waals surface area contributed by atoms with E-state index in [4.69, 9.17) is 0 Å². The van der Waals surface area contributed by atoms with E-state index in [0.29, 0.717) is 38.2 Å². The summed E-state index contributed by atoms with van der Waals surface area (Å²) in [4.78, 5) is 1.75. The van der Waals surface area contributed by atoms with Gasteiger partial charge >= 0.3 is 0 Å². The molecule has 1 aliphatic rings. The van der Waals surface area contributed by atoms with Gasteiger partial charge in [0.15, 0.2) is 0 Å². The normalized spacial score (nSPS) is 18.7. The summed E-state index contributed by atoms with van der Waals surface area (Å²) in [6, 6.07) is 4.10. The second-order valence-corrected chi connectivity index (χ2v) is 4.77. The molecule has 3 nitrogen and oxygen atoms in total. The molecule has 0 bridgehead atoms.